The van der Waals surface area contributed by atoms with E-state index < -0.39 is 23.5 Å². The number of nitrogens with two attached hydrogens (primary N) is 1. The smallest absolute Gasteiger partial charge is 0.303 e. The minimum Gasteiger partial charge on any atom is -0.481 e. The second-order valence-electron chi connectivity index (χ2n) is 16.7. The van der Waals surface area contributed by atoms with Crippen LogP contribution in [0.3, 0.4) is 0 Å². The van der Waals surface area contributed by atoms with Crippen LogP contribution in [0, 0.1) is 11.8 Å². The summed E-state index contributed by atoms with van der Waals surface area (Å²) in [6.45, 7) is 14.8. The van der Waals surface area contributed by atoms with E-state index in [2.05, 4.69) is 43.6 Å². The van der Waals surface area contributed by atoms with Gasteiger partial charge in [0, 0.05) is 107 Å². The molecule has 3 aromatic rings. The number of aliphatic carboxylic acids is 1. The number of likely N-dealkylation sites (tertiary alicyclic amines) is 1. The third kappa shape index (κ3) is 11.4. The van der Waals surface area contributed by atoms with Crippen LogP contribution in [0.5, 0.6) is 0 Å². The van der Waals surface area contributed by atoms with Crippen LogP contribution in [0.25, 0.3) is 11.4 Å². The number of carboxylic acid groups (broad SMARTS) is 1. The second-order valence-corrected chi connectivity index (χ2v) is 17.1. The lowest BCUT2D eigenvalue weighted by Crippen LogP contribution is -2.60. The first-order valence-corrected chi connectivity index (χ1v) is 21.5. The molecule has 3 aliphatic rings. The zero-order valence-electron chi connectivity index (χ0n) is 35.5. The van der Waals surface area contributed by atoms with Gasteiger partial charge in [-0.1, -0.05) is 24.6 Å². The Hall–Kier alpha value is -5.19. The van der Waals surface area contributed by atoms with Gasteiger partial charge in [-0.2, -0.15) is 13.9 Å². The van der Waals surface area contributed by atoms with Crippen LogP contribution in [-0.4, -0.2) is 123 Å². The van der Waals surface area contributed by atoms with Gasteiger partial charge in [0.05, 0.1) is 55.1 Å². The number of quaternary nitrogens is 1. The molecule has 14 nitrogen and oxygen atoms in total. The molecular formula is C44H58ClF2N10O4+. The third-order valence-corrected chi connectivity index (χ3v) is 12.3. The molecule has 17 heteroatoms. The molecule has 2 aromatic heterocycles. The molecule has 3 aliphatic heterocycles. The summed E-state index contributed by atoms with van der Waals surface area (Å²) in [7, 11) is 0. The standard InChI is InChI=1S/C44H57ClF2N10O4/c1-5-7-38(32-13-20-57(21-14-32,19-6-8-40(58)59)28-31-24-49-25-31)54-15-17-55(18-16-54)43(61)35-11-10-34(22-37(35)45)52-42(60)30(3)50-23-29(2)36-27-56(53-41(36)44(4,46)47)39-12-9-33(48)26-51-39/h7,9-12,22-23,26-27,31-32,49H,5-6,8,13-21,24-25,28,48H2,1-4H3,(H-,52,58,59,60,61)/p+1/b29-23+,38-7?,50-30?. The number of carbonyl (C=O) groups excluding carboxylic acids is 2. The van der Waals surface area contributed by atoms with Gasteiger partial charge in [0.15, 0.2) is 5.82 Å². The number of benzene rings is 1. The van der Waals surface area contributed by atoms with Crippen molar-refractivity contribution in [3.63, 3.8) is 0 Å². The number of aliphatic imine (C=N–C) groups is 1. The number of pyridine rings is 1. The molecular weight excluding hydrogens is 806 g/mol. The quantitative estimate of drug-likeness (QED) is 0.0936. The van der Waals surface area contributed by atoms with Crippen LogP contribution in [0.2, 0.25) is 5.02 Å². The molecule has 0 radical (unpaired) electrons. The molecule has 0 spiro atoms. The number of aromatic nitrogens is 3. The van der Waals surface area contributed by atoms with Crippen molar-refractivity contribution in [3.8, 4) is 5.82 Å². The van der Waals surface area contributed by atoms with E-state index in [0.717, 1.165) is 69.9 Å². The van der Waals surface area contributed by atoms with Crippen LogP contribution in [-0.2, 0) is 15.5 Å². The number of rotatable bonds is 16. The first kappa shape index (κ1) is 45.3. The van der Waals surface area contributed by atoms with Gasteiger partial charge in [-0.05, 0) is 56.2 Å². The molecule has 61 heavy (non-hydrogen) atoms. The van der Waals surface area contributed by atoms with Crippen LogP contribution in [0.1, 0.15) is 81.4 Å². The predicted octanol–water partition coefficient (Wildman–Crippen LogP) is 6.44. The van der Waals surface area contributed by atoms with E-state index in [0.29, 0.717) is 72.8 Å². The van der Waals surface area contributed by atoms with Gasteiger partial charge >= 0.3 is 5.97 Å². The number of nitrogen functional groups attached to an aromatic ring is 1. The average Bonchev–Trinajstić information content (AvgIpc) is 3.68. The van der Waals surface area contributed by atoms with E-state index in [1.54, 1.807) is 31.2 Å². The highest BCUT2D eigenvalue weighted by Crippen LogP contribution is 2.35. The highest BCUT2D eigenvalue weighted by molar-refractivity contribution is 6.42. The van der Waals surface area contributed by atoms with Crippen molar-refractivity contribution in [1.82, 2.24) is 29.9 Å². The summed E-state index contributed by atoms with van der Waals surface area (Å²) >= 11 is 6.65. The number of anilines is 2. The van der Waals surface area contributed by atoms with Crippen molar-refractivity contribution in [3.05, 3.63) is 82.5 Å². The van der Waals surface area contributed by atoms with Gasteiger partial charge in [-0.15, -0.1) is 0 Å². The molecule has 0 saturated carbocycles. The number of amides is 2. The van der Waals surface area contributed by atoms with Gasteiger partial charge in [-0.3, -0.25) is 19.4 Å². The normalized spacial score (nSPS) is 20.7. The van der Waals surface area contributed by atoms with Crippen LogP contribution in [0.4, 0.5) is 20.2 Å². The highest BCUT2D eigenvalue weighted by atomic mass is 35.5. The summed E-state index contributed by atoms with van der Waals surface area (Å²) < 4.78 is 31.4. The van der Waals surface area contributed by atoms with Crippen molar-refractivity contribution in [2.45, 2.75) is 65.7 Å². The van der Waals surface area contributed by atoms with E-state index in [1.807, 2.05) is 4.90 Å². The number of carboxylic acids is 1. The van der Waals surface area contributed by atoms with E-state index in [9.17, 15) is 28.3 Å². The minimum absolute atomic E-state index is 0.0657. The first-order chi connectivity index (χ1) is 29.1. The fraction of sp³-hybridized carbons (Fsp3) is 0.500. The molecule has 2 amide bonds. The first-order valence-electron chi connectivity index (χ1n) is 21.1. The van der Waals surface area contributed by atoms with Crippen molar-refractivity contribution >= 4 is 52.0 Å². The molecule has 3 fully saturated rings. The monoisotopic (exact) mass is 863 g/mol. The Bertz CT molecular complexity index is 2150. The zero-order valence-corrected chi connectivity index (χ0v) is 36.2. The fourth-order valence-corrected chi connectivity index (χ4v) is 8.81. The number of carbonyl (C=O) groups is 3. The molecule has 5 heterocycles. The number of halogens is 3. The summed E-state index contributed by atoms with van der Waals surface area (Å²) in [5, 5.41) is 19.7. The number of nitrogens with one attached hydrogen (secondary N) is 2. The summed E-state index contributed by atoms with van der Waals surface area (Å²) in [4.78, 5) is 50.8. The van der Waals surface area contributed by atoms with Gasteiger partial charge in [0.1, 0.15) is 11.4 Å². The number of hydrogen-bond acceptors (Lipinski definition) is 9. The fourth-order valence-electron chi connectivity index (χ4n) is 8.55. The maximum absolute atomic E-state index is 14.6. The number of alkyl halides is 2. The van der Waals surface area contributed by atoms with Gasteiger partial charge in [0.2, 0.25) is 0 Å². The molecule has 6 rings (SSSR count). The predicted molar refractivity (Wildman–Crippen MR) is 234 cm³/mol. The molecule has 0 bridgehead atoms. The van der Waals surface area contributed by atoms with Crippen LogP contribution >= 0.6 is 11.6 Å². The maximum Gasteiger partial charge on any atom is 0.303 e. The maximum atomic E-state index is 14.6. The third-order valence-electron chi connectivity index (χ3n) is 12.0. The minimum atomic E-state index is -3.26. The molecule has 1 aromatic carbocycles. The van der Waals surface area contributed by atoms with Crippen molar-refractivity contribution in [1.29, 1.82) is 0 Å². The molecule has 0 atom stereocenters. The van der Waals surface area contributed by atoms with Crippen molar-refractivity contribution in [2.24, 2.45) is 16.8 Å². The second kappa shape index (κ2) is 19.7. The zero-order chi connectivity index (χ0) is 43.9. The molecule has 328 valence electrons. The molecule has 5 N–H and O–H groups in total. The Morgan fingerprint density at radius 2 is 1.79 bits per heavy atom. The lowest BCUT2D eigenvalue weighted by atomic mass is 9.88. The SMILES string of the molecule is CCC=C(C1CC[N+](CCCC(=O)O)(CC2CNC2)CC1)N1CCN(C(=O)c2ccc(NC(=O)C(C)=N/C=C(\C)c3cn(-c4ccc(N)cn4)nc3C(C)(F)F)cc2Cl)CC1. The molecule has 0 aliphatic carbocycles. The largest absolute Gasteiger partial charge is 0.481 e. The van der Waals surface area contributed by atoms with Crippen LogP contribution < -0.4 is 16.4 Å². The Kier molecular flexibility index (Phi) is 14.6. The Morgan fingerprint density at radius 3 is 2.38 bits per heavy atom. The summed E-state index contributed by atoms with van der Waals surface area (Å²) in [5.74, 6) is -3.31. The van der Waals surface area contributed by atoms with Crippen LogP contribution in [0.15, 0.2) is 65.7 Å². The lowest BCUT2D eigenvalue weighted by molar-refractivity contribution is -0.936. The number of piperazine rings is 1. The summed E-state index contributed by atoms with van der Waals surface area (Å²) in [6.07, 6.45) is 10.5. The summed E-state index contributed by atoms with van der Waals surface area (Å²) in [5.41, 5.74) is 8.30. The van der Waals surface area contributed by atoms with Crippen molar-refractivity contribution in [2.75, 3.05) is 76.5 Å². The van der Waals surface area contributed by atoms with E-state index in [-0.39, 0.29) is 28.6 Å². The lowest BCUT2D eigenvalue weighted by Gasteiger charge is -2.49. The number of nitrogens with zero attached hydrogens (tertiary/aromatic N) is 7. The summed E-state index contributed by atoms with van der Waals surface area (Å²) in [6, 6.07) is 7.91. The number of allylic oxidation sites excluding steroid dienone is 3. The Morgan fingerprint density at radius 1 is 1.08 bits per heavy atom. The average molecular weight is 864 g/mol. The van der Waals surface area contributed by atoms with E-state index in [4.69, 9.17) is 17.3 Å². The molecule has 0 unspecified atom stereocenters. The number of hydrogen-bond donors (Lipinski definition) is 4. The Balaban J connectivity index is 1.04. The van der Waals surface area contributed by atoms with Crippen molar-refractivity contribution < 1.29 is 32.8 Å². The highest BCUT2D eigenvalue weighted by Gasteiger charge is 2.39. The van der Waals surface area contributed by atoms with E-state index in [1.165, 1.54) is 42.0 Å². The number of piperidine rings is 1. The van der Waals surface area contributed by atoms with Gasteiger partial charge in [-0.25, -0.2) is 9.67 Å². The van der Waals surface area contributed by atoms with Gasteiger partial charge < -0.3 is 35.8 Å². The topological polar surface area (TPSA) is 171 Å². The van der Waals surface area contributed by atoms with Gasteiger partial charge in [0.25, 0.3) is 17.7 Å². The molecule has 3 saturated heterocycles. The van der Waals surface area contributed by atoms with E-state index >= 15 is 0 Å². The Labute approximate surface area is 361 Å².